The normalized spacial score (nSPS) is 10.2. The molecule has 8 nitrogen and oxygen atoms in total. The third-order valence-electron chi connectivity index (χ3n) is 3.58. The van der Waals surface area contributed by atoms with Crippen LogP contribution >= 0.6 is 11.3 Å². The molecule has 1 N–H and O–H groups in total. The fraction of sp³-hybridized carbons (Fsp3) is 0.176. The van der Waals surface area contributed by atoms with Crippen molar-refractivity contribution in [2.45, 2.75) is 13.8 Å². The van der Waals surface area contributed by atoms with E-state index in [0.717, 1.165) is 22.6 Å². The van der Waals surface area contributed by atoms with E-state index in [-0.39, 0.29) is 5.91 Å². The van der Waals surface area contributed by atoms with Crippen molar-refractivity contribution in [1.82, 2.24) is 20.2 Å². The number of anilines is 1. The van der Waals surface area contributed by atoms with Crippen molar-refractivity contribution in [2.75, 3.05) is 12.4 Å². The number of methoxy groups -OCH3 is 1. The summed E-state index contributed by atoms with van der Waals surface area (Å²) in [7, 11) is 1.48. The molecule has 0 spiro atoms. The summed E-state index contributed by atoms with van der Waals surface area (Å²) < 4.78 is 4.98. The van der Waals surface area contributed by atoms with Gasteiger partial charge >= 0.3 is 0 Å². The first kappa shape index (κ1) is 17.4. The summed E-state index contributed by atoms with van der Waals surface area (Å²) in [5, 5.41) is 20.0. The predicted molar refractivity (Wildman–Crippen MR) is 96.1 cm³/mol. The van der Waals surface area contributed by atoms with E-state index in [9.17, 15) is 4.79 Å². The fourth-order valence-electron chi connectivity index (χ4n) is 2.38. The quantitative estimate of drug-likeness (QED) is 0.755. The number of hydrogen-bond acceptors (Lipinski definition) is 8. The van der Waals surface area contributed by atoms with Crippen LogP contribution in [0.2, 0.25) is 0 Å². The first-order chi connectivity index (χ1) is 12.5. The number of hydrogen-bond donors (Lipinski definition) is 1. The van der Waals surface area contributed by atoms with Gasteiger partial charge in [-0.2, -0.15) is 5.26 Å². The lowest BCUT2D eigenvalue weighted by Gasteiger charge is -2.11. The van der Waals surface area contributed by atoms with Gasteiger partial charge in [0.15, 0.2) is 0 Å². The van der Waals surface area contributed by atoms with E-state index in [2.05, 4.69) is 25.5 Å². The largest absolute Gasteiger partial charge is 0.472 e. The molecule has 3 aromatic heterocycles. The molecule has 0 bridgehead atoms. The Kier molecular flexibility index (Phi) is 4.86. The molecule has 0 fully saturated rings. The molecule has 0 atom stereocenters. The number of amides is 1. The van der Waals surface area contributed by atoms with Crippen LogP contribution < -0.4 is 10.1 Å². The maximum atomic E-state index is 12.7. The van der Waals surface area contributed by atoms with Gasteiger partial charge in [0.25, 0.3) is 11.1 Å². The molecule has 0 saturated heterocycles. The second-order valence-corrected chi connectivity index (χ2v) is 6.28. The Morgan fingerprint density at radius 1 is 1.27 bits per heavy atom. The van der Waals surface area contributed by atoms with E-state index in [0.29, 0.717) is 32.8 Å². The monoisotopic (exact) mass is 366 g/mol. The number of aromatic nitrogens is 4. The van der Waals surface area contributed by atoms with Crippen molar-refractivity contribution in [3.8, 4) is 22.4 Å². The zero-order chi connectivity index (χ0) is 18.7. The maximum absolute atomic E-state index is 12.7. The van der Waals surface area contributed by atoms with E-state index in [1.165, 1.54) is 13.3 Å². The molecule has 130 valence electrons. The Labute approximate surface area is 153 Å². The van der Waals surface area contributed by atoms with Crippen molar-refractivity contribution in [2.24, 2.45) is 0 Å². The van der Waals surface area contributed by atoms with Gasteiger partial charge < -0.3 is 4.74 Å². The van der Waals surface area contributed by atoms with Gasteiger partial charge in [-0.05, 0) is 48.9 Å². The number of ether oxygens (including phenoxy) is 1. The topological polar surface area (TPSA) is 114 Å². The third kappa shape index (κ3) is 3.50. The van der Waals surface area contributed by atoms with Crippen molar-refractivity contribution >= 4 is 22.4 Å². The highest BCUT2D eigenvalue weighted by Gasteiger charge is 2.18. The van der Waals surface area contributed by atoms with Gasteiger partial charge in [-0.25, -0.2) is 4.98 Å². The molecule has 0 aliphatic carbocycles. The molecule has 0 unspecified atom stereocenters. The molecular weight excluding hydrogens is 352 g/mol. The van der Waals surface area contributed by atoms with Gasteiger partial charge in [0, 0.05) is 23.1 Å². The Balaban J connectivity index is 2.00. The van der Waals surface area contributed by atoms with Crippen LogP contribution in [0.25, 0.3) is 11.1 Å². The summed E-state index contributed by atoms with van der Waals surface area (Å²) in [6.45, 7) is 3.64. The van der Waals surface area contributed by atoms with Gasteiger partial charge in [0.1, 0.15) is 11.8 Å². The van der Waals surface area contributed by atoms with Crippen molar-refractivity contribution < 1.29 is 9.53 Å². The summed E-state index contributed by atoms with van der Waals surface area (Å²) in [6.07, 6.45) is 1.51. The van der Waals surface area contributed by atoms with E-state index in [4.69, 9.17) is 10.00 Å². The highest BCUT2D eigenvalue weighted by molar-refractivity contribution is 7.17. The van der Waals surface area contributed by atoms with Gasteiger partial charge in [-0.1, -0.05) is 5.10 Å². The molecule has 3 heterocycles. The number of nitrogens with zero attached hydrogens (tertiary/aromatic N) is 5. The summed E-state index contributed by atoms with van der Waals surface area (Å²) in [5.74, 6) is -0.366. The van der Waals surface area contributed by atoms with Gasteiger partial charge in [0.2, 0.25) is 5.13 Å². The van der Waals surface area contributed by atoms with Crippen LogP contribution in [-0.2, 0) is 0 Å². The first-order valence-corrected chi connectivity index (χ1v) is 8.37. The molecule has 0 aliphatic heterocycles. The lowest BCUT2D eigenvalue weighted by Crippen LogP contribution is -2.14. The second-order valence-electron chi connectivity index (χ2n) is 5.34. The molecule has 3 rings (SSSR count). The minimum absolute atomic E-state index is 0.323. The van der Waals surface area contributed by atoms with Crippen molar-refractivity contribution in [3.63, 3.8) is 0 Å². The smallest absolute Gasteiger partial charge is 0.295 e. The number of pyridine rings is 2. The van der Waals surface area contributed by atoms with E-state index >= 15 is 0 Å². The third-order valence-corrected chi connectivity index (χ3v) is 4.38. The molecule has 1 amide bonds. The number of aryl methyl sites for hydroxylation is 2. The number of nitrogens with one attached hydrogen (secondary N) is 1. The first-order valence-electron chi connectivity index (χ1n) is 7.55. The van der Waals surface area contributed by atoms with Crippen LogP contribution in [-0.4, -0.2) is 33.2 Å². The number of carbonyl (C=O) groups excluding carboxylic acids is 1. The summed E-state index contributed by atoms with van der Waals surface area (Å²) in [6, 6.07) is 7.22. The molecule has 26 heavy (non-hydrogen) atoms. The SMILES string of the molecule is COc1nnc(NC(=O)c2cnc(C)cc2-c2ccc(C#N)nc2C)s1. The Hall–Kier alpha value is -3.38. The van der Waals surface area contributed by atoms with Crippen molar-refractivity contribution in [1.29, 1.82) is 5.26 Å². The van der Waals surface area contributed by atoms with Crippen LogP contribution in [0.15, 0.2) is 24.4 Å². The molecular formula is C17H14N6O2S. The molecule has 0 radical (unpaired) electrons. The average Bonchev–Trinajstić information content (AvgIpc) is 3.09. The van der Waals surface area contributed by atoms with Gasteiger partial charge in [-0.3, -0.25) is 15.1 Å². The Morgan fingerprint density at radius 2 is 2.08 bits per heavy atom. The van der Waals surface area contributed by atoms with Crippen LogP contribution in [0, 0.1) is 25.2 Å². The minimum atomic E-state index is -0.366. The summed E-state index contributed by atoms with van der Waals surface area (Å²) in [4.78, 5) is 21.2. The molecule has 9 heteroatoms. The second kappa shape index (κ2) is 7.25. The van der Waals surface area contributed by atoms with Crippen LogP contribution in [0.3, 0.4) is 0 Å². The molecule has 3 aromatic rings. The number of rotatable bonds is 4. The summed E-state index contributed by atoms with van der Waals surface area (Å²) >= 11 is 1.12. The zero-order valence-corrected chi connectivity index (χ0v) is 15.1. The fourth-order valence-corrected chi connectivity index (χ4v) is 2.93. The van der Waals surface area contributed by atoms with Crippen molar-refractivity contribution in [3.05, 3.63) is 47.0 Å². The number of nitriles is 1. The van der Waals surface area contributed by atoms with Gasteiger partial charge in [-0.15, -0.1) is 5.10 Å². The lowest BCUT2D eigenvalue weighted by atomic mass is 9.98. The maximum Gasteiger partial charge on any atom is 0.295 e. The zero-order valence-electron chi connectivity index (χ0n) is 14.3. The highest BCUT2D eigenvalue weighted by atomic mass is 32.1. The average molecular weight is 366 g/mol. The molecule has 0 aliphatic rings. The van der Waals surface area contributed by atoms with Gasteiger partial charge in [0.05, 0.1) is 12.7 Å². The van der Waals surface area contributed by atoms with Crippen LogP contribution in [0.5, 0.6) is 5.19 Å². The Bertz CT molecular complexity index is 1020. The summed E-state index contributed by atoms with van der Waals surface area (Å²) in [5.41, 5.74) is 3.55. The predicted octanol–water partition coefficient (Wildman–Crippen LogP) is 2.74. The molecule has 0 saturated carbocycles. The standard InChI is InChI=1S/C17H14N6O2S/c1-9-6-13(12-5-4-11(7-18)20-10(12)2)14(8-19-9)15(24)21-16-22-23-17(25-3)26-16/h4-6,8H,1-3H3,(H,21,22,24). The van der Waals surface area contributed by atoms with E-state index < -0.39 is 0 Å². The molecule has 0 aromatic carbocycles. The Morgan fingerprint density at radius 3 is 2.73 bits per heavy atom. The van der Waals surface area contributed by atoms with E-state index in [1.807, 2.05) is 19.1 Å². The van der Waals surface area contributed by atoms with Crippen LogP contribution in [0.1, 0.15) is 27.4 Å². The highest BCUT2D eigenvalue weighted by Crippen LogP contribution is 2.28. The number of carbonyl (C=O) groups is 1. The van der Waals surface area contributed by atoms with E-state index in [1.54, 1.807) is 19.1 Å². The lowest BCUT2D eigenvalue weighted by molar-refractivity contribution is 0.102. The van der Waals surface area contributed by atoms with Crippen LogP contribution in [0.4, 0.5) is 5.13 Å². The minimum Gasteiger partial charge on any atom is -0.472 e.